The van der Waals surface area contributed by atoms with Crippen molar-refractivity contribution in [3.8, 4) is 5.75 Å². The molecule has 0 spiro atoms. The molecule has 0 bridgehead atoms. The molecule has 1 heterocycles. The summed E-state index contributed by atoms with van der Waals surface area (Å²) in [6.07, 6.45) is 5.23. The summed E-state index contributed by atoms with van der Waals surface area (Å²) in [7, 11) is 0. The Morgan fingerprint density at radius 1 is 1.07 bits per heavy atom. The predicted octanol–water partition coefficient (Wildman–Crippen LogP) is 5.93. The lowest BCUT2D eigenvalue weighted by Crippen LogP contribution is -2.57. The molecule has 43 heavy (non-hydrogen) atoms. The van der Waals surface area contributed by atoms with Crippen LogP contribution in [0.25, 0.3) is 0 Å². The number of halogens is 1. The van der Waals surface area contributed by atoms with E-state index < -0.39 is 17.7 Å². The van der Waals surface area contributed by atoms with Gasteiger partial charge >= 0.3 is 6.03 Å². The van der Waals surface area contributed by atoms with Crippen molar-refractivity contribution in [3.63, 3.8) is 0 Å². The first-order valence-electron chi connectivity index (χ1n) is 15.3. The summed E-state index contributed by atoms with van der Waals surface area (Å²) in [5.41, 5.74) is 1.39. The largest absolute Gasteiger partial charge is 0.494 e. The molecule has 1 saturated carbocycles. The van der Waals surface area contributed by atoms with Gasteiger partial charge in [0.1, 0.15) is 11.8 Å². The van der Waals surface area contributed by atoms with Crippen molar-refractivity contribution in [1.29, 1.82) is 0 Å². The number of para-hydroxylation sites is 1. The summed E-state index contributed by atoms with van der Waals surface area (Å²) in [5, 5.41) is 6.38. The number of benzene rings is 2. The molecular weight excluding hydrogens is 568 g/mol. The van der Waals surface area contributed by atoms with Crippen molar-refractivity contribution in [2.75, 3.05) is 24.7 Å². The number of nitrogens with one attached hydrogen (secondary N) is 2. The van der Waals surface area contributed by atoms with E-state index in [0.717, 1.165) is 31.2 Å². The highest BCUT2D eigenvalue weighted by atomic mass is 35.5. The number of carbonyl (C=O) groups excluding carboxylic acids is 3. The van der Waals surface area contributed by atoms with Gasteiger partial charge < -0.3 is 29.9 Å². The Bertz CT molecular complexity index is 1290. The van der Waals surface area contributed by atoms with E-state index in [1.54, 1.807) is 28.0 Å². The Morgan fingerprint density at radius 2 is 1.79 bits per heavy atom. The number of fused-ring (bicyclic) bond motifs is 1. The van der Waals surface area contributed by atoms with Gasteiger partial charge in [0.25, 0.3) is 5.91 Å². The fraction of sp³-hybridized carbons (Fsp3) is 0.545. The number of rotatable bonds is 8. The molecule has 2 aromatic carbocycles. The normalized spacial score (nSPS) is 18.3. The molecule has 1 aliphatic heterocycles. The molecule has 234 valence electrons. The number of hydrogen-bond donors (Lipinski definition) is 2. The molecule has 1 fully saturated rings. The second-order valence-electron chi connectivity index (χ2n) is 12.4. The third kappa shape index (κ3) is 8.63. The Kier molecular flexibility index (Phi) is 11.0. The molecule has 9 nitrogen and oxygen atoms in total. The van der Waals surface area contributed by atoms with Crippen LogP contribution in [0.5, 0.6) is 5.75 Å². The van der Waals surface area contributed by atoms with E-state index in [0.29, 0.717) is 28.6 Å². The average molecular weight is 613 g/mol. The van der Waals surface area contributed by atoms with Crippen LogP contribution in [-0.4, -0.2) is 66.2 Å². The van der Waals surface area contributed by atoms with Crippen molar-refractivity contribution >= 4 is 35.1 Å². The topological polar surface area (TPSA) is 100 Å². The van der Waals surface area contributed by atoms with E-state index in [1.807, 2.05) is 58.9 Å². The number of nitrogens with zero attached hydrogens (tertiary/aromatic N) is 2. The maximum Gasteiger partial charge on any atom is 0.318 e. The second kappa shape index (κ2) is 14.4. The van der Waals surface area contributed by atoms with Gasteiger partial charge in [0.15, 0.2) is 0 Å². The fourth-order valence-electron chi connectivity index (χ4n) is 5.54. The Morgan fingerprint density at radius 3 is 2.47 bits per heavy atom. The second-order valence-corrected chi connectivity index (χ2v) is 12.8. The highest BCUT2D eigenvalue weighted by Crippen LogP contribution is 2.31. The Hall–Kier alpha value is -3.30. The van der Waals surface area contributed by atoms with Crippen molar-refractivity contribution in [3.05, 3.63) is 58.6 Å². The van der Waals surface area contributed by atoms with Crippen LogP contribution in [0.4, 0.5) is 10.5 Å². The van der Waals surface area contributed by atoms with Gasteiger partial charge in [0.05, 0.1) is 29.4 Å². The lowest BCUT2D eigenvalue weighted by atomic mass is 9.95. The minimum atomic E-state index is -0.861. The van der Waals surface area contributed by atoms with Crippen LogP contribution in [0.3, 0.4) is 0 Å². The van der Waals surface area contributed by atoms with Crippen LogP contribution in [0.15, 0.2) is 42.5 Å². The van der Waals surface area contributed by atoms with Gasteiger partial charge in [-0.15, -0.1) is 0 Å². The number of carbonyl (C=O) groups is 3. The molecule has 2 atom stereocenters. The molecule has 0 radical (unpaired) electrons. The standard InChI is InChI=1S/C33H45ClN4O5/c1-6-42-25-16-17-26(27(34)18-25)31(40)38-19-22(2)37(20-23-12-10-11-15-29(23)38)32(41)36-28(21-43-33(3,4)5)30(39)35-24-13-8-7-9-14-24/h10-12,15-18,22,24,28H,6-9,13-14,19-21H2,1-5H3,(H,35,39)(H,36,41)/t22-,28?/m1/s1. The summed E-state index contributed by atoms with van der Waals surface area (Å²) in [6.45, 7) is 10.6. The van der Waals surface area contributed by atoms with Crippen LogP contribution >= 0.6 is 11.6 Å². The quantitative estimate of drug-likeness (QED) is 0.385. The van der Waals surface area contributed by atoms with E-state index >= 15 is 0 Å². The molecule has 0 saturated heterocycles. The minimum absolute atomic E-state index is 0.0491. The first-order chi connectivity index (χ1) is 20.5. The zero-order valence-electron chi connectivity index (χ0n) is 26.0. The van der Waals surface area contributed by atoms with Gasteiger partial charge in [0.2, 0.25) is 5.91 Å². The molecule has 2 N–H and O–H groups in total. The minimum Gasteiger partial charge on any atom is -0.494 e. The molecule has 1 unspecified atom stereocenters. The molecule has 2 aromatic rings. The molecule has 1 aliphatic carbocycles. The van der Waals surface area contributed by atoms with E-state index in [4.69, 9.17) is 21.1 Å². The SMILES string of the molecule is CCOc1ccc(C(=O)N2C[C@@H](C)N(C(=O)NC(COC(C)(C)C)C(=O)NC3CCCCC3)Cc3ccccc32)c(Cl)c1. The van der Waals surface area contributed by atoms with Crippen LogP contribution in [0.1, 0.15) is 82.6 Å². The number of amides is 4. The average Bonchev–Trinajstić information content (AvgIpc) is 3.11. The first-order valence-corrected chi connectivity index (χ1v) is 15.7. The summed E-state index contributed by atoms with van der Waals surface area (Å²) < 4.78 is 11.5. The third-order valence-electron chi connectivity index (χ3n) is 7.84. The zero-order chi connectivity index (χ0) is 31.1. The van der Waals surface area contributed by atoms with Gasteiger partial charge in [-0.05, 0) is 77.3 Å². The lowest BCUT2D eigenvalue weighted by Gasteiger charge is -2.32. The smallest absolute Gasteiger partial charge is 0.318 e. The van der Waals surface area contributed by atoms with Crippen LogP contribution in [0, 0.1) is 0 Å². The third-order valence-corrected chi connectivity index (χ3v) is 8.15. The van der Waals surface area contributed by atoms with Crippen molar-refractivity contribution in [2.24, 2.45) is 0 Å². The van der Waals surface area contributed by atoms with E-state index in [1.165, 1.54) is 6.42 Å². The van der Waals surface area contributed by atoms with Gasteiger partial charge in [-0.25, -0.2) is 4.79 Å². The van der Waals surface area contributed by atoms with Gasteiger partial charge in [-0.2, -0.15) is 0 Å². The van der Waals surface area contributed by atoms with Crippen molar-refractivity contribution in [1.82, 2.24) is 15.5 Å². The highest BCUT2D eigenvalue weighted by Gasteiger charge is 2.34. The highest BCUT2D eigenvalue weighted by molar-refractivity contribution is 6.34. The Labute approximate surface area is 260 Å². The monoisotopic (exact) mass is 612 g/mol. The molecule has 4 amide bonds. The summed E-state index contributed by atoms with van der Waals surface area (Å²) >= 11 is 6.53. The van der Waals surface area contributed by atoms with E-state index in [-0.39, 0.29) is 43.6 Å². The number of ether oxygens (including phenoxy) is 2. The van der Waals surface area contributed by atoms with Gasteiger partial charge in [-0.3, -0.25) is 9.59 Å². The maximum absolute atomic E-state index is 13.9. The van der Waals surface area contributed by atoms with Crippen LogP contribution in [0.2, 0.25) is 5.02 Å². The van der Waals surface area contributed by atoms with Crippen molar-refractivity contribution in [2.45, 2.75) is 97.0 Å². The van der Waals surface area contributed by atoms with Gasteiger partial charge in [-0.1, -0.05) is 49.1 Å². The van der Waals surface area contributed by atoms with E-state index in [9.17, 15) is 14.4 Å². The van der Waals surface area contributed by atoms with Crippen LogP contribution < -0.4 is 20.3 Å². The maximum atomic E-state index is 13.9. The number of hydrogen-bond acceptors (Lipinski definition) is 5. The first kappa shape index (κ1) is 32.6. The molecule has 0 aromatic heterocycles. The van der Waals surface area contributed by atoms with E-state index in [2.05, 4.69) is 10.6 Å². The summed E-state index contributed by atoms with van der Waals surface area (Å²) in [4.78, 5) is 44.5. The molecular formula is C33H45ClN4O5. The fourth-order valence-corrected chi connectivity index (χ4v) is 5.79. The number of anilines is 1. The Balaban J connectivity index is 1.55. The number of urea groups is 1. The summed E-state index contributed by atoms with van der Waals surface area (Å²) in [5.74, 6) is 0.0845. The lowest BCUT2D eigenvalue weighted by molar-refractivity contribution is -0.127. The summed E-state index contributed by atoms with van der Waals surface area (Å²) in [6, 6.07) is 11.1. The molecule has 2 aliphatic rings. The molecule has 4 rings (SSSR count). The van der Waals surface area contributed by atoms with Gasteiger partial charge in [0, 0.05) is 30.9 Å². The van der Waals surface area contributed by atoms with Crippen molar-refractivity contribution < 1.29 is 23.9 Å². The molecule has 10 heteroatoms. The van der Waals surface area contributed by atoms with Crippen LogP contribution in [-0.2, 0) is 16.1 Å². The zero-order valence-corrected chi connectivity index (χ0v) is 26.7. The predicted molar refractivity (Wildman–Crippen MR) is 169 cm³/mol.